The third kappa shape index (κ3) is 3.99. The number of benzene rings is 1. The summed E-state index contributed by atoms with van der Waals surface area (Å²) in [4.78, 5) is 15.6. The Hall–Kier alpha value is -1.51. The standard InChI is InChI=1S/C16H20N2O2S/c17-9-12-21-15-8-2-1-7-14(15)16(20)18(10-4-11-19)13-5-3-6-13/h1-2,7-8,13,19H,3-6,10-12H2. The molecule has 1 aromatic rings. The predicted octanol–water partition coefficient (Wildman–Crippen LogP) is 2.68. The van der Waals surface area contributed by atoms with Crippen LogP contribution in [-0.2, 0) is 0 Å². The average molecular weight is 304 g/mol. The van der Waals surface area contributed by atoms with E-state index in [0.29, 0.717) is 30.3 Å². The van der Waals surface area contributed by atoms with E-state index in [1.165, 1.54) is 18.2 Å². The van der Waals surface area contributed by atoms with Gasteiger partial charge in [0.2, 0.25) is 0 Å². The molecular formula is C16H20N2O2S. The van der Waals surface area contributed by atoms with Crippen molar-refractivity contribution in [3.63, 3.8) is 0 Å². The van der Waals surface area contributed by atoms with Gasteiger partial charge in [-0.1, -0.05) is 12.1 Å². The summed E-state index contributed by atoms with van der Waals surface area (Å²) < 4.78 is 0. The summed E-state index contributed by atoms with van der Waals surface area (Å²) in [5.41, 5.74) is 0.669. The highest BCUT2D eigenvalue weighted by Crippen LogP contribution is 2.29. The molecule has 0 heterocycles. The summed E-state index contributed by atoms with van der Waals surface area (Å²) >= 11 is 1.40. The van der Waals surface area contributed by atoms with Crippen molar-refractivity contribution in [3.8, 4) is 6.07 Å². The molecule has 1 saturated carbocycles. The number of hydrogen-bond acceptors (Lipinski definition) is 4. The number of aliphatic hydroxyl groups excluding tert-OH is 1. The van der Waals surface area contributed by atoms with Crippen LogP contribution in [0.1, 0.15) is 36.0 Å². The number of hydrogen-bond donors (Lipinski definition) is 1. The van der Waals surface area contributed by atoms with Gasteiger partial charge in [-0.25, -0.2) is 0 Å². The second kappa shape index (κ2) is 8.06. The molecule has 2 rings (SSSR count). The lowest BCUT2D eigenvalue weighted by molar-refractivity contribution is 0.0559. The van der Waals surface area contributed by atoms with E-state index >= 15 is 0 Å². The molecule has 21 heavy (non-hydrogen) atoms. The van der Waals surface area contributed by atoms with Crippen LogP contribution in [0.2, 0.25) is 0 Å². The van der Waals surface area contributed by atoms with Gasteiger partial charge in [-0.05, 0) is 37.8 Å². The zero-order valence-electron chi connectivity index (χ0n) is 12.0. The van der Waals surface area contributed by atoms with Crippen molar-refractivity contribution in [2.24, 2.45) is 0 Å². The Balaban J connectivity index is 2.17. The molecule has 112 valence electrons. The minimum atomic E-state index is 0.0224. The maximum Gasteiger partial charge on any atom is 0.255 e. The van der Waals surface area contributed by atoms with Crippen LogP contribution >= 0.6 is 11.8 Å². The number of nitriles is 1. The molecule has 1 amide bonds. The van der Waals surface area contributed by atoms with E-state index in [2.05, 4.69) is 6.07 Å². The third-order valence-electron chi connectivity index (χ3n) is 3.74. The molecule has 4 nitrogen and oxygen atoms in total. The quantitative estimate of drug-likeness (QED) is 0.787. The van der Waals surface area contributed by atoms with Gasteiger partial charge in [-0.3, -0.25) is 4.79 Å². The first-order chi connectivity index (χ1) is 10.3. The van der Waals surface area contributed by atoms with Gasteiger partial charge >= 0.3 is 0 Å². The predicted molar refractivity (Wildman–Crippen MR) is 83.2 cm³/mol. The summed E-state index contributed by atoms with van der Waals surface area (Å²) in [6.07, 6.45) is 3.86. The van der Waals surface area contributed by atoms with E-state index in [1.807, 2.05) is 29.2 Å². The van der Waals surface area contributed by atoms with Crippen LogP contribution in [-0.4, -0.2) is 40.9 Å². The normalized spacial score (nSPS) is 14.3. The van der Waals surface area contributed by atoms with Crippen molar-refractivity contribution in [2.75, 3.05) is 18.9 Å². The van der Waals surface area contributed by atoms with Crippen molar-refractivity contribution in [2.45, 2.75) is 36.6 Å². The fraction of sp³-hybridized carbons (Fsp3) is 0.500. The lowest BCUT2D eigenvalue weighted by Gasteiger charge is -2.38. The fourth-order valence-electron chi connectivity index (χ4n) is 2.42. The number of thioether (sulfide) groups is 1. The van der Waals surface area contributed by atoms with E-state index in [9.17, 15) is 4.79 Å². The third-order valence-corrected chi connectivity index (χ3v) is 4.68. The number of carbonyl (C=O) groups excluding carboxylic acids is 1. The minimum absolute atomic E-state index is 0.0224. The molecule has 1 aliphatic rings. The molecule has 0 bridgehead atoms. The van der Waals surface area contributed by atoms with Crippen LogP contribution in [0, 0.1) is 11.3 Å². The number of aliphatic hydroxyl groups is 1. The van der Waals surface area contributed by atoms with E-state index in [1.54, 1.807) is 0 Å². The van der Waals surface area contributed by atoms with Gasteiger partial charge in [0, 0.05) is 24.1 Å². The Labute approximate surface area is 129 Å². The van der Waals surface area contributed by atoms with Gasteiger partial charge in [-0.15, -0.1) is 11.8 Å². The van der Waals surface area contributed by atoms with Crippen molar-refractivity contribution in [3.05, 3.63) is 29.8 Å². The van der Waals surface area contributed by atoms with Gasteiger partial charge in [0.05, 0.1) is 17.4 Å². The van der Waals surface area contributed by atoms with Crippen LogP contribution in [0.25, 0.3) is 0 Å². The topological polar surface area (TPSA) is 64.3 Å². The van der Waals surface area contributed by atoms with Crippen molar-refractivity contribution in [1.82, 2.24) is 4.90 Å². The molecule has 0 radical (unpaired) electrons. The number of amides is 1. The van der Waals surface area contributed by atoms with Crippen LogP contribution in [0.4, 0.5) is 0 Å². The molecule has 0 unspecified atom stereocenters. The van der Waals surface area contributed by atoms with Gasteiger partial charge in [0.25, 0.3) is 5.91 Å². The van der Waals surface area contributed by atoms with Crippen LogP contribution in [0.3, 0.4) is 0 Å². The van der Waals surface area contributed by atoms with Crippen molar-refractivity contribution in [1.29, 1.82) is 5.26 Å². The number of rotatable bonds is 7. The molecule has 1 fully saturated rings. The van der Waals surface area contributed by atoms with E-state index < -0.39 is 0 Å². The van der Waals surface area contributed by atoms with Gasteiger partial charge in [0.1, 0.15) is 0 Å². The van der Waals surface area contributed by atoms with Crippen LogP contribution in [0.5, 0.6) is 0 Å². The zero-order valence-corrected chi connectivity index (χ0v) is 12.8. The Morgan fingerprint density at radius 2 is 2.19 bits per heavy atom. The molecule has 5 heteroatoms. The molecule has 0 atom stereocenters. The highest BCUT2D eigenvalue weighted by Gasteiger charge is 2.29. The molecule has 1 aliphatic carbocycles. The second-order valence-corrected chi connectivity index (χ2v) is 6.12. The van der Waals surface area contributed by atoms with E-state index in [4.69, 9.17) is 10.4 Å². The summed E-state index contributed by atoms with van der Waals surface area (Å²) in [6.45, 7) is 0.693. The number of nitrogens with zero attached hydrogens (tertiary/aromatic N) is 2. The molecule has 0 aliphatic heterocycles. The van der Waals surface area contributed by atoms with Gasteiger partial charge in [-0.2, -0.15) is 5.26 Å². The zero-order chi connectivity index (χ0) is 15.1. The number of carbonyl (C=O) groups is 1. The van der Waals surface area contributed by atoms with Crippen LogP contribution in [0.15, 0.2) is 29.2 Å². The SMILES string of the molecule is N#CCSc1ccccc1C(=O)N(CCCO)C1CCC1. The molecule has 1 N–H and O–H groups in total. The summed E-state index contributed by atoms with van der Waals surface area (Å²) in [5, 5.41) is 17.8. The fourth-order valence-corrected chi connectivity index (χ4v) is 3.13. The van der Waals surface area contributed by atoms with Gasteiger partial charge in [0.15, 0.2) is 0 Å². The minimum Gasteiger partial charge on any atom is -0.396 e. The molecular weight excluding hydrogens is 284 g/mol. The van der Waals surface area contributed by atoms with Crippen molar-refractivity contribution < 1.29 is 9.90 Å². The first kappa shape index (κ1) is 15.9. The molecule has 0 spiro atoms. The van der Waals surface area contributed by atoms with Crippen LogP contribution < -0.4 is 0 Å². The second-order valence-electron chi connectivity index (χ2n) is 5.10. The monoisotopic (exact) mass is 304 g/mol. The Morgan fingerprint density at radius 3 is 2.81 bits per heavy atom. The van der Waals surface area contributed by atoms with Crippen molar-refractivity contribution >= 4 is 17.7 Å². The first-order valence-electron chi connectivity index (χ1n) is 7.28. The Kier molecular flexibility index (Phi) is 6.09. The first-order valence-corrected chi connectivity index (χ1v) is 8.27. The summed E-state index contributed by atoms with van der Waals surface area (Å²) in [7, 11) is 0. The lowest BCUT2D eigenvalue weighted by atomic mass is 9.90. The Morgan fingerprint density at radius 1 is 1.43 bits per heavy atom. The average Bonchev–Trinajstić information content (AvgIpc) is 2.47. The molecule has 1 aromatic carbocycles. The highest BCUT2D eigenvalue weighted by atomic mass is 32.2. The van der Waals surface area contributed by atoms with Gasteiger partial charge < -0.3 is 10.0 Å². The lowest BCUT2D eigenvalue weighted by Crippen LogP contribution is -2.45. The largest absolute Gasteiger partial charge is 0.396 e. The molecule has 0 saturated heterocycles. The Bertz CT molecular complexity index is 523. The maximum absolute atomic E-state index is 12.8. The maximum atomic E-state index is 12.8. The van der Waals surface area contributed by atoms with E-state index in [-0.39, 0.29) is 12.5 Å². The summed E-state index contributed by atoms with van der Waals surface area (Å²) in [6, 6.07) is 9.86. The van der Waals surface area contributed by atoms with E-state index in [0.717, 1.165) is 17.7 Å². The smallest absolute Gasteiger partial charge is 0.255 e. The molecule has 0 aromatic heterocycles. The summed E-state index contributed by atoms with van der Waals surface area (Å²) in [5.74, 6) is 0.360. The highest BCUT2D eigenvalue weighted by molar-refractivity contribution is 7.99.